The molecule has 0 unspecified atom stereocenters. The number of pyridine rings is 1. The molecule has 0 saturated heterocycles. The zero-order valence-corrected chi connectivity index (χ0v) is 15.3. The van der Waals surface area contributed by atoms with Crippen LogP contribution in [0.2, 0.25) is 0 Å². The first-order valence-corrected chi connectivity index (χ1v) is 8.54. The minimum atomic E-state index is -0.641. The molecule has 0 saturated carbocycles. The van der Waals surface area contributed by atoms with Gasteiger partial charge in [0.2, 0.25) is 11.6 Å². The number of aromatic nitrogens is 3. The van der Waals surface area contributed by atoms with Crippen LogP contribution < -0.4 is 20.9 Å². The lowest BCUT2D eigenvalue weighted by Gasteiger charge is -2.11. The molecule has 3 aromatic rings. The first-order chi connectivity index (χ1) is 14.1. The van der Waals surface area contributed by atoms with E-state index in [-0.39, 0.29) is 11.6 Å². The van der Waals surface area contributed by atoms with Crippen LogP contribution in [0.5, 0.6) is 5.75 Å². The average molecular weight is 395 g/mol. The maximum absolute atomic E-state index is 12.1. The molecule has 1 aromatic carbocycles. The van der Waals surface area contributed by atoms with Gasteiger partial charge in [-0.05, 0) is 43.3 Å². The van der Waals surface area contributed by atoms with E-state index in [4.69, 9.17) is 4.74 Å². The molecule has 0 aliphatic heterocycles. The second kappa shape index (κ2) is 9.08. The van der Waals surface area contributed by atoms with Gasteiger partial charge in [-0.15, -0.1) is 0 Å². The Hall–Kier alpha value is -4.28. The van der Waals surface area contributed by atoms with E-state index in [9.17, 15) is 14.9 Å². The molecule has 0 spiro atoms. The number of anilines is 3. The Bertz CT molecular complexity index is 997. The quantitative estimate of drug-likeness (QED) is 0.387. The van der Waals surface area contributed by atoms with Gasteiger partial charge >= 0.3 is 5.69 Å². The third-order valence-electron chi connectivity index (χ3n) is 3.67. The van der Waals surface area contributed by atoms with Crippen LogP contribution in [0.4, 0.5) is 23.0 Å². The fourth-order valence-corrected chi connectivity index (χ4v) is 2.36. The molecule has 0 radical (unpaired) electrons. The largest absolute Gasteiger partial charge is 0.494 e. The van der Waals surface area contributed by atoms with Crippen LogP contribution in [-0.2, 0) is 0 Å². The Morgan fingerprint density at radius 2 is 1.79 bits per heavy atom. The molecular formula is C18H17N7O4. The molecule has 11 nitrogen and oxygen atoms in total. The van der Waals surface area contributed by atoms with Crippen molar-refractivity contribution in [1.82, 2.24) is 20.4 Å². The molecule has 0 fully saturated rings. The van der Waals surface area contributed by atoms with Crippen LogP contribution in [0.1, 0.15) is 17.3 Å². The third kappa shape index (κ3) is 4.91. The Balaban J connectivity index is 1.78. The summed E-state index contributed by atoms with van der Waals surface area (Å²) in [5.74, 6) is -0.0200. The summed E-state index contributed by atoms with van der Waals surface area (Å²) in [4.78, 5) is 34.7. The highest BCUT2D eigenvalue weighted by Crippen LogP contribution is 2.31. The Kier molecular flexibility index (Phi) is 6.10. The molecule has 29 heavy (non-hydrogen) atoms. The van der Waals surface area contributed by atoms with Crippen LogP contribution >= 0.6 is 0 Å². The van der Waals surface area contributed by atoms with E-state index in [1.807, 2.05) is 6.92 Å². The number of hydrogen-bond donors (Lipinski definition) is 3. The monoisotopic (exact) mass is 395 g/mol. The molecule has 148 valence electrons. The molecule has 0 aliphatic rings. The average Bonchev–Trinajstić information content (AvgIpc) is 2.74. The van der Waals surface area contributed by atoms with Gasteiger partial charge in [-0.25, -0.2) is 9.97 Å². The predicted octanol–water partition coefficient (Wildman–Crippen LogP) is 2.68. The van der Waals surface area contributed by atoms with Crippen molar-refractivity contribution >= 4 is 28.9 Å². The first kappa shape index (κ1) is 19.5. The maximum Gasteiger partial charge on any atom is 0.355 e. The van der Waals surface area contributed by atoms with Crippen molar-refractivity contribution in [3.63, 3.8) is 0 Å². The summed E-state index contributed by atoms with van der Waals surface area (Å²) in [6, 6.07) is 9.87. The maximum atomic E-state index is 12.1. The highest BCUT2D eigenvalue weighted by molar-refractivity contribution is 5.94. The molecule has 11 heteroatoms. The first-order valence-electron chi connectivity index (χ1n) is 8.54. The molecule has 0 atom stereocenters. The summed E-state index contributed by atoms with van der Waals surface area (Å²) in [5, 5.41) is 14.5. The van der Waals surface area contributed by atoms with E-state index < -0.39 is 16.5 Å². The molecule has 2 aromatic heterocycles. The molecular weight excluding hydrogens is 378 g/mol. The molecule has 1 amide bonds. The number of rotatable bonds is 8. The second-order valence-electron chi connectivity index (χ2n) is 5.57. The third-order valence-corrected chi connectivity index (χ3v) is 3.67. The number of ether oxygens (including phenoxy) is 1. The summed E-state index contributed by atoms with van der Waals surface area (Å²) in [6.45, 7) is 2.41. The van der Waals surface area contributed by atoms with Gasteiger partial charge < -0.3 is 10.1 Å². The van der Waals surface area contributed by atoms with E-state index in [2.05, 4.69) is 31.1 Å². The summed E-state index contributed by atoms with van der Waals surface area (Å²) in [6.07, 6.45) is 4.06. The van der Waals surface area contributed by atoms with Gasteiger partial charge in [0.05, 0.1) is 11.5 Å². The molecule has 0 bridgehead atoms. The van der Waals surface area contributed by atoms with Crippen LogP contribution in [-0.4, -0.2) is 32.4 Å². The van der Waals surface area contributed by atoms with Crippen LogP contribution in [0.15, 0.2) is 55.1 Å². The van der Waals surface area contributed by atoms with Gasteiger partial charge in [-0.2, -0.15) is 0 Å². The lowest BCUT2D eigenvalue weighted by molar-refractivity contribution is -0.383. The summed E-state index contributed by atoms with van der Waals surface area (Å²) >= 11 is 0. The summed E-state index contributed by atoms with van der Waals surface area (Å²) < 4.78 is 5.37. The van der Waals surface area contributed by atoms with Crippen molar-refractivity contribution in [2.45, 2.75) is 6.92 Å². The number of hydrazine groups is 1. The standard InChI is InChI=1S/C18H17N7O4/c1-2-29-14-5-3-13(4-6-14)22-16-15(25(27)28)17(21-11-20-16)23-24-18(26)12-7-9-19-10-8-12/h3-11H,2H2,1H3,(H,24,26)(H2,20,21,22,23). The Labute approximate surface area is 165 Å². The van der Waals surface area contributed by atoms with Crippen molar-refractivity contribution in [1.29, 1.82) is 0 Å². The van der Waals surface area contributed by atoms with Gasteiger partial charge in [-0.1, -0.05) is 0 Å². The second-order valence-corrected chi connectivity index (χ2v) is 5.57. The van der Waals surface area contributed by atoms with Gasteiger partial charge in [0.25, 0.3) is 5.91 Å². The fraction of sp³-hybridized carbons (Fsp3) is 0.111. The minimum absolute atomic E-state index is 0.0326. The lowest BCUT2D eigenvalue weighted by Crippen LogP contribution is -2.30. The van der Waals surface area contributed by atoms with E-state index in [0.29, 0.717) is 23.6 Å². The lowest BCUT2D eigenvalue weighted by atomic mass is 10.2. The van der Waals surface area contributed by atoms with Crippen molar-refractivity contribution in [3.8, 4) is 5.75 Å². The molecule has 0 aliphatic carbocycles. The van der Waals surface area contributed by atoms with Crippen molar-refractivity contribution in [2.24, 2.45) is 0 Å². The van der Waals surface area contributed by atoms with Gasteiger partial charge in [0.1, 0.15) is 12.1 Å². The number of nitro groups is 1. The van der Waals surface area contributed by atoms with Crippen LogP contribution in [0.25, 0.3) is 0 Å². The smallest absolute Gasteiger partial charge is 0.355 e. The highest BCUT2D eigenvalue weighted by atomic mass is 16.6. The number of nitrogens with one attached hydrogen (secondary N) is 3. The minimum Gasteiger partial charge on any atom is -0.494 e. The SMILES string of the molecule is CCOc1ccc(Nc2ncnc(NNC(=O)c3ccncc3)c2[N+](=O)[O-])cc1. The zero-order valence-electron chi connectivity index (χ0n) is 15.3. The molecule has 3 N–H and O–H groups in total. The topological polar surface area (TPSA) is 144 Å². The summed E-state index contributed by atoms with van der Waals surface area (Å²) in [5.41, 5.74) is 5.32. The Morgan fingerprint density at radius 3 is 2.45 bits per heavy atom. The van der Waals surface area contributed by atoms with E-state index in [1.54, 1.807) is 24.3 Å². The fourth-order valence-electron chi connectivity index (χ4n) is 2.36. The predicted molar refractivity (Wildman–Crippen MR) is 105 cm³/mol. The van der Waals surface area contributed by atoms with Crippen LogP contribution in [0, 0.1) is 10.1 Å². The number of carbonyl (C=O) groups excluding carboxylic acids is 1. The van der Waals surface area contributed by atoms with E-state index in [0.717, 1.165) is 6.33 Å². The van der Waals surface area contributed by atoms with Gasteiger partial charge in [-0.3, -0.25) is 30.7 Å². The van der Waals surface area contributed by atoms with Crippen molar-refractivity contribution < 1.29 is 14.5 Å². The number of benzene rings is 1. The number of nitrogens with zero attached hydrogens (tertiary/aromatic N) is 4. The van der Waals surface area contributed by atoms with Gasteiger partial charge in [0.15, 0.2) is 0 Å². The highest BCUT2D eigenvalue weighted by Gasteiger charge is 2.23. The van der Waals surface area contributed by atoms with Crippen molar-refractivity contribution in [3.05, 3.63) is 70.8 Å². The zero-order chi connectivity index (χ0) is 20.6. The van der Waals surface area contributed by atoms with E-state index in [1.165, 1.54) is 24.5 Å². The number of carbonyl (C=O) groups is 1. The van der Waals surface area contributed by atoms with Crippen molar-refractivity contribution in [2.75, 3.05) is 17.3 Å². The number of hydrogen-bond acceptors (Lipinski definition) is 9. The Morgan fingerprint density at radius 1 is 1.10 bits per heavy atom. The summed E-state index contributed by atoms with van der Waals surface area (Å²) in [7, 11) is 0. The van der Waals surface area contributed by atoms with Gasteiger partial charge in [0, 0.05) is 23.6 Å². The normalized spacial score (nSPS) is 10.1. The van der Waals surface area contributed by atoms with Crippen LogP contribution in [0.3, 0.4) is 0 Å². The molecule has 2 heterocycles. The number of amides is 1. The van der Waals surface area contributed by atoms with E-state index >= 15 is 0 Å². The molecule has 3 rings (SSSR count).